The minimum absolute atomic E-state index is 0.0389. The van der Waals surface area contributed by atoms with Gasteiger partial charge >= 0.3 is 0 Å². The Morgan fingerprint density at radius 3 is 2.48 bits per heavy atom. The largest absolute Gasteiger partial charge is 0.301 e. The second kappa shape index (κ2) is 7.97. The van der Waals surface area contributed by atoms with Gasteiger partial charge in [-0.15, -0.1) is 0 Å². The van der Waals surface area contributed by atoms with Crippen LogP contribution in [0.2, 0.25) is 0 Å². The van der Waals surface area contributed by atoms with Crippen molar-refractivity contribution >= 4 is 23.5 Å². The highest BCUT2D eigenvalue weighted by Crippen LogP contribution is 2.23. The van der Waals surface area contributed by atoms with E-state index in [1.165, 1.54) is 30.0 Å². The van der Waals surface area contributed by atoms with E-state index in [4.69, 9.17) is 0 Å². The first-order chi connectivity index (χ1) is 10.9. The zero-order valence-corrected chi connectivity index (χ0v) is 14.8. The number of rotatable bonds is 6. The highest BCUT2D eigenvalue weighted by molar-refractivity contribution is 8.15. The summed E-state index contributed by atoms with van der Waals surface area (Å²) in [7, 11) is 0. The molecule has 1 heterocycles. The van der Waals surface area contributed by atoms with Gasteiger partial charge < -0.3 is 4.98 Å². The number of H-pyrrole nitrogens is 1. The first-order valence-corrected chi connectivity index (χ1v) is 9.49. The van der Waals surface area contributed by atoms with Crippen LogP contribution in [0.25, 0.3) is 0 Å². The van der Waals surface area contributed by atoms with Crippen molar-refractivity contribution in [2.24, 2.45) is 0 Å². The van der Waals surface area contributed by atoms with Crippen LogP contribution in [0.5, 0.6) is 0 Å². The standard InChI is InChI=1S/C16H18F2N2OS2/c1-9(2)14-13(7-10-11(17)5-4-6-12(10)18)19-16(20-15(14)21)23-8-22-3/h4-6,9H,7-8H2,1-3H3,(H,19,20,21). The molecule has 0 fully saturated rings. The lowest BCUT2D eigenvalue weighted by Crippen LogP contribution is -2.20. The second-order valence-corrected chi connectivity index (χ2v) is 7.51. The molecular weight excluding hydrogens is 338 g/mol. The zero-order chi connectivity index (χ0) is 17.0. The summed E-state index contributed by atoms with van der Waals surface area (Å²) in [6.07, 6.45) is 1.91. The summed E-state index contributed by atoms with van der Waals surface area (Å²) in [5, 5.41) is 1.21. The number of aromatic amines is 1. The van der Waals surface area contributed by atoms with E-state index in [1.54, 1.807) is 11.8 Å². The van der Waals surface area contributed by atoms with Crippen molar-refractivity contribution in [1.82, 2.24) is 9.97 Å². The predicted octanol–water partition coefficient (Wildman–Crippen LogP) is 4.17. The molecule has 0 saturated carbocycles. The molecular formula is C16H18F2N2OS2. The predicted molar refractivity (Wildman–Crippen MR) is 92.3 cm³/mol. The number of nitrogens with one attached hydrogen (secondary N) is 1. The fraction of sp³-hybridized carbons (Fsp3) is 0.375. The molecule has 0 unspecified atom stereocenters. The quantitative estimate of drug-likeness (QED) is 0.479. The maximum Gasteiger partial charge on any atom is 0.255 e. The lowest BCUT2D eigenvalue weighted by atomic mass is 9.98. The molecule has 1 aromatic heterocycles. The van der Waals surface area contributed by atoms with Crippen LogP contribution < -0.4 is 5.56 Å². The summed E-state index contributed by atoms with van der Waals surface area (Å²) in [5.74, 6) is -1.34. The van der Waals surface area contributed by atoms with Gasteiger partial charge in [0.25, 0.3) is 5.56 Å². The SMILES string of the molecule is CSCSc1nc(Cc2c(F)cccc2F)c(C(C)C)c(=O)[nH]1. The highest BCUT2D eigenvalue weighted by Gasteiger charge is 2.18. The van der Waals surface area contributed by atoms with E-state index >= 15 is 0 Å². The number of aromatic nitrogens is 2. The molecule has 2 aromatic rings. The van der Waals surface area contributed by atoms with E-state index in [0.717, 1.165) is 5.08 Å². The van der Waals surface area contributed by atoms with Gasteiger partial charge in [-0.25, -0.2) is 13.8 Å². The molecule has 0 aliphatic rings. The first kappa shape index (κ1) is 18.0. The lowest BCUT2D eigenvalue weighted by Gasteiger charge is -2.13. The van der Waals surface area contributed by atoms with E-state index in [2.05, 4.69) is 9.97 Å². The first-order valence-electron chi connectivity index (χ1n) is 7.11. The van der Waals surface area contributed by atoms with Gasteiger partial charge in [0.1, 0.15) is 11.6 Å². The topological polar surface area (TPSA) is 45.8 Å². The third kappa shape index (κ3) is 4.35. The Morgan fingerprint density at radius 1 is 1.26 bits per heavy atom. The van der Waals surface area contributed by atoms with Crippen LogP contribution >= 0.6 is 23.5 Å². The molecule has 0 saturated heterocycles. The van der Waals surface area contributed by atoms with Gasteiger partial charge in [0.05, 0.1) is 5.69 Å². The molecule has 3 nitrogen and oxygen atoms in total. The average molecular weight is 356 g/mol. The lowest BCUT2D eigenvalue weighted by molar-refractivity contribution is 0.558. The molecule has 1 aromatic carbocycles. The van der Waals surface area contributed by atoms with Crippen LogP contribution in [-0.4, -0.2) is 21.3 Å². The zero-order valence-electron chi connectivity index (χ0n) is 13.2. The Bertz CT molecular complexity index is 727. The smallest absolute Gasteiger partial charge is 0.255 e. The van der Waals surface area contributed by atoms with Gasteiger partial charge in [0.15, 0.2) is 5.16 Å². The maximum atomic E-state index is 13.9. The van der Waals surface area contributed by atoms with Crippen LogP contribution in [0.15, 0.2) is 28.2 Å². The van der Waals surface area contributed by atoms with Crippen molar-refractivity contribution in [1.29, 1.82) is 0 Å². The van der Waals surface area contributed by atoms with E-state index in [1.807, 2.05) is 20.1 Å². The number of hydrogen-bond donors (Lipinski definition) is 1. The van der Waals surface area contributed by atoms with Crippen LogP contribution in [0.1, 0.15) is 36.6 Å². The molecule has 7 heteroatoms. The average Bonchev–Trinajstić information content (AvgIpc) is 2.48. The van der Waals surface area contributed by atoms with E-state index in [-0.39, 0.29) is 23.5 Å². The fourth-order valence-electron chi connectivity index (χ4n) is 2.29. The Hall–Kier alpha value is -1.34. The van der Waals surface area contributed by atoms with Gasteiger partial charge in [0.2, 0.25) is 0 Å². The van der Waals surface area contributed by atoms with Gasteiger partial charge in [0, 0.05) is 22.6 Å². The minimum atomic E-state index is -0.625. The molecule has 0 amide bonds. The molecule has 0 spiro atoms. The monoisotopic (exact) mass is 356 g/mol. The fourth-order valence-corrected chi connectivity index (χ4v) is 3.55. The van der Waals surface area contributed by atoms with Crippen molar-refractivity contribution in [2.45, 2.75) is 31.3 Å². The van der Waals surface area contributed by atoms with Crippen molar-refractivity contribution < 1.29 is 8.78 Å². The maximum absolute atomic E-state index is 13.9. The van der Waals surface area contributed by atoms with Crippen molar-refractivity contribution in [3.63, 3.8) is 0 Å². The van der Waals surface area contributed by atoms with Gasteiger partial charge in [-0.2, -0.15) is 11.8 Å². The van der Waals surface area contributed by atoms with E-state index in [9.17, 15) is 13.6 Å². The second-order valence-electron chi connectivity index (χ2n) is 5.31. The molecule has 23 heavy (non-hydrogen) atoms. The van der Waals surface area contributed by atoms with Gasteiger partial charge in [-0.05, 0) is 24.3 Å². The number of halogens is 2. The summed E-state index contributed by atoms with van der Waals surface area (Å²) in [5.41, 5.74) is 0.594. The third-order valence-corrected chi connectivity index (χ3v) is 5.19. The number of nitrogens with zero attached hydrogens (tertiary/aromatic N) is 1. The third-order valence-electron chi connectivity index (χ3n) is 3.31. The van der Waals surface area contributed by atoms with Crippen LogP contribution in [0.3, 0.4) is 0 Å². The Kier molecular flexibility index (Phi) is 6.24. The van der Waals surface area contributed by atoms with Crippen molar-refractivity contribution in [2.75, 3.05) is 11.3 Å². The summed E-state index contributed by atoms with van der Waals surface area (Å²) in [4.78, 5) is 19.5. The molecule has 0 radical (unpaired) electrons. The summed E-state index contributed by atoms with van der Waals surface area (Å²) in [6, 6.07) is 3.75. The molecule has 0 aliphatic heterocycles. The Balaban J connectivity index is 2.50. The Labute approximate surface area is 142 Å². The van der Waals surface area contributed by atoms with Crippen LogP contribution in [0, 0.1) is 11.6 Å². The molecule has 1 N–H and O–H groups in total. The van der Waals surface area contributed by atoms with E-state index in [0.29, 0.717) is 16.4 Å². The van der Waals surface area contributed by atoms with Crippen molar-refractivity contribution in [3.8, 4) is 0 Å². The van der Waals surface area contributed by atoms with Crippen LogP contribution in [0.4, 0.5) is 8.78 Å². The van der Waals surface area contributed by atoms with E-state index < -0.39 is 11.6 Å². The summed E-state index contributed by atoms with van der Waals surface area (Å²) in [6.45, 7) is 3.73. The number of thioether (sulfide) groups is 2. The molecule has 0 atom stereocenters. The molecule has 0 bridgehead atoms. The van der Waals surface area contributed by atoms with Crippen molar-refractivity contribution in [3.05, 3.63) is 57.0 Å². The van der Waals surface area contributed by atoms with Gasteiger partial charge in [-0.1, -0.05) is 31.7 Å². The molecule has 2 rings (SSSR count). The minimum Gasteiger partial charge on any atom is -0.301 e. The highest BCUT2D eigenvalue weighted by atomic mass is 32.2. The number of hydrogen-bond acceptors (Lipinski definition) is 4. The normalized spacial score (nSPS) is 11.2. The summed E-state index contributed by atoms with van der Waals surface area (Å²) < 4.78 is 27.8. The Morgan fingerprint density at radius 2 is 1.91 bits per heavy atom. The summed E-state index contributed by atoms with van der Waals surface area (Å²) >= 11 is 3.01. The van der Waals surface area contributed by atoms with Crippen LogP contribution in [-0.2, 0) is 6.42 Å². The number of benzene rings is 1. The molecule has 0 aliphatic carbocycles. The molecule has 124 valence electrons. The van der Waals surface area contributed by atoms with Gasteiger partial charge in [-0.3, -0.25) is 4.79 Å².